The summed E-state index contributed by atoms with van der Waals surface area (Å²) in [7, 11) is 0. The third kappa shape index (κ3) is 4.86. The minimum absolute atomic E-state index is 0.0588. The molecule has 1 aromatic rings. The summed E-state index contributed by atoms with van der Waals surface area (Å²) in [6.07, 6.45) is 3.75. The van der Waals surface area contributed by atoms with Gasteiger partial charge in [-0.25, -0.2) is 0 Å². The van der Waals surface area contributed by atoms with Gasteiger partial charge in [0.05, 0.1) is 13.0 Å². The Hall–Kier alpha value is -1.84. The minimum Gasteiger partial charge on any atom is -0.352 e. The SMILES string of the molecule is CC1CCCC(NC(=O)CNC(=O)Cc2ccccc2)C1C. The topological polar surface area (TPSA) is 58.2 Å². The van der Waals surface area contributed by atoms with E-state index >= 15 is 0 Å². The van der Waals surface area contributed by atoms with Crippen LogP contribution in [0, 0.1) is 11.8 Å². The van der Waals surface area contributed by atoms with Crippen LogP contribution < -0.4 is 10.6 Å². The van der Waals surface area contributed by atoms with E-state index in [4.69, 9.17) is 0 Å². The predicted octanol–water partition coefficient (Wildman–Crippen LogP) is 2.29. The van der Waals surface area contributed by atoms with Crippen molar-refractivity contribution in [3.8, 4) is 0 Å². The molecule has 4 heteroatoms. The standard InChI is InChI=1S/C18H26N2O2/c1-13-7-6-10-16(14(13)2)20-18(22)12-19-17(21)11-15-8-4-3-5-9-15/h3-5,8-9,13-14,16H,6-7,10-12H2,1-2H3,(H,19,21)(H,20,22). The molecule has 3 unspecified atom stereocenters. The molecule has 22 heavy (non-hydrogen) atoms. The van der Waals surface area contributed by atoms with E-state index in [-0.39, 0.29) is 24.4 Å². The number of hydrogen-bond acceptors (Lipinski definition) is 2. The molecule has 2 N–H and O–H groups in total. The molecule has 4 nitrogen and oxygen atoms in total. The van der Waals surface area contributed by atoms with Crippen molar-refractivity contribution in [3.63, 3.8) is 0 Å². The summed E-state index contributed by atoms with van der Waals surface area (Å²) >= 11 is 0. The van der Waals surface area contributed by atoms with Crippen LogP contribution in [0.1, 0.15) is 38.7 Å². The molecule has 1 fully saturated rings. The fraction of sp³-hybridized carbons (Fsp3) is 0.556. The largest absolute Gasteiger partial charge is 0.352 e. The molecule has 1 aliphatic carbocycles. The van der Waals surface area contributed by atoms with Crippen LogP contribution in [0.4, 0.5) is 0 Å². The van der Waals surface area contributed by atoms with Crippen molar-refractivity contribution >= 4 is 11.8 Å². The van der Waals surface area contributed by atoms with E-state index in [1.54, 1.807) is 0 Å². The summed E-state index contributed by atoms with van der Waals surface area (Å²) in [5.74, 6) is 0.934. The highest BCUT2D eigenvalue weighted by molar-refractivity contribution is 5.85. The molecule has 0 spiro atoms. The lowest BCUT2D eigenvalue weighted by molar-refractivity contribution is -0.126. The maximum atomic E-state index is 12.0. The zero-order chi connectivity index (χ0) is 15.9. The number of nitrogens with one attached hydrogen (secondary N) is 2. The van der Waals surface area contributed by atoms with E-state index in [0.29, 0.717) is 18.3 Å². The Morgan fingerprint density at radius 1 is 1.09 bits per heavy atom. The summed E-state index contributed by atoms with van der Waals surface area (Å²) < 4.78 is 0. The van der Waals surface area contributed by atoms with E-state index in [2.05, 4.69) is 24.5 Å². The van der Waals surface area contributed by atoms with Crippen molar-refractivity contribution in [3.05, 3.63) is 35.9 Å². The summed E-state index contributed by atoms with van der Waals surface area (Å²) in [5.41, 5.74) is 0.954. The molecule has 1 aliphatic rings. The first-order chi connectivity index (χ1) is 10.6. The third-order valence-electron chi connectivity index (χ3n) is 4.71. The highest BCUT2D eigenvalue weighted by atomic mass is 16.2. The van der Waals surface area contributed by atoms with Gasteiger partial charge in [-0.05, 0) is 23.8 Å². The third-order valence-corrected chi connectivity index (χ3v) is 4.71. The van der Waals surface area contributed by atoms with Crippen molar-refractivity contribution in [1.29, 1.82) is 0 Å². The summed E-state index contributed by atoms with van der Waals surface area (Å²) in [5, 5.41) is 5.76. The van der Waals surface area contributed by atoms with Crippen LogP contribution in [-0.4, -0.2) is 24.4 Å². The molecule has 1 aromatic carbocycles. The van der Waals surface area contributed by atoms with Gasteiger partial charge in [0, 0.05) is 6.04 Å². The van der Waals surface area contributed by atoms with Crippen LogP contribution in [0.3, 0.4) is 0 Å². The van der Waals surface area contributed by atoms with Crippen LogP contribution in [0.2, 0.25) is 0 Å². The molecule has 0 aliphatic heterocycles. The predicted molar refractivity (Wildman–Crippen MR) is 87.3 cm³/mol. The molecule has 3 atom stereocenters. The number of carbonyl (C=O) groups excluding carboxylic acids is 2. The highest BCUT2D eigenvalue weighted by Crippen LogP contribution is 2.29. The second kappa shape index (κ2) is 7.97. The quantitative estimate of drug-likeness (QED) is 0.877. The number of carbonyl (C=O) groups is 2. The smallest absolute Gasteiger partial charge is 0.239 e. The summed E-state index contributed by atoms with van der Waals surface area (Å²) in [6, 6.07) is 9.78. The van der Waals surface area contributed by atoms with Crippen LogP contribution in [0.25, 0.3) is 0 Å². The Kier molecular flexibility index (Phi) is 5.99. The average Bonchev–Trinajstić information content (AvgIpc) is 2.51. The first kappa shape index (κ1) is 16.5. The lowest BCUT2D eigenvalue weighted by atomic mass is 9.78. The van der Waals surface area contributed by atoms with Crippen molar-refractivity contribution in [1.82, 2.24) is 10.6 Å². The van der Waals surface area contributed by atoms with Crippen LogP contribution in [0.15, 0.2) is 30.3 Å². The van der Waals surface area contributed by atoms with Crippen LogP contribution >= 0.6 is 0 Å². The number of amides is 2. The fourth-order valence-corrected chi connectivity index (χ4v) is 3.07. The molecule has 0 bridgehead atoms. The number of rotatable bonds is 5. The fourth-order valence-electron chi connectivity index (χ4n) is 3.07. The van der Waals surface area contributed by atoms with Gasteiger partial charge in [-0.2, -0.15) is 0 Å². The van der Waals surface area contributed by atoms with Gasteiger partial charge in [-0.15, -0.1) is 0 Å². The second-order valence-electron chi connectivity index (χ2n) is 6.38. The first-order valence-electron chi connectivity index (χ1n) is 8.16. The van der Waals surface area contributed by atoms with Crippen molar-refractivity contribution in [2.75, 3.05) is 6.54 Å². The average molecular weight is 302 g/mol. The number of benzene rings is 1. The van der Waals surface area contributed by atoms with Gasteiger partial charge in [0.1, 0.15) is 0 Å². The summed E-state index contributed by atoms with van der Waals surface area (Å²) in [6.45, 7) is 4.50. The van der Waals surface area contributed by atoms with E-state index in [1.165, 1.54) is 6.42 Å². The summed E-state index contributed by atoms with van der Waals surface area (Å²) in [4.78, 5) is 23.8. The molecular weight excluding hydrogens is 276 g/mol. The van der Waals surface area contributed by atoms with Gasteiger partial charge in [-0.3, -0.25) is 9.59 Å². The Morgan fingerprint density at radius 3 is 2.55 bits per heavy atom. The zero-order valence-electron chi connectivity index (χ0n) is 13.5. The maximum absolute atomic E-state index is 12.0. The normalized spacial score (nSPS) is 24.5. The Balaban J connectivity index is 1.72. The zero-order valence-corrected chi connectivity index (χ0v) is 13.5. The van der Waals surface area contributed by atoms with Crippen LogP contribution in [0.5, 0.6) is 0 Å². The van der Waals surface area contributed by atoms with E-state index in [9.17, 15) is 9.59 Å². The molecule has 0 aromatic heterocycles. The molecule has 0 radical (unpaired) electrons. The van der Waals surface area contributed by atoms with Crippen molar-refractivity contribution < 1.29 is 9.59 Å². The highest BCUT2D eigenvalue weighted by Gasteiger charge is 2.27. The van der Waals surface area contributed by atoms with E-state index < -0.39 is 0 Å². The lowest BCUT2D eigenvalue weighted by Gasteiger charge is -2.34. The molecular formula is C18H26N2O2. The lowest BCUT2D eigenvalue weighted by Crippen LogP contribution is -2.47. The van der Waals surface area contributed by atoms with Gasteiger partial charge >= 0.3 is 0 Å². The molecule has 2 rings (SSSR count). The second-order valence-corrected chi connectivity index (χ2v) is 6.38. The van der Waals surface area contributed by atoms with Gasteiger partial charge < -0.3 is 10.6 Å². The Morgan fingerprint density at radius 2 is 1.82 bits per heavy atom. The van der Waals surface area contributed by atoms with E-state index in [0.717, 1.165) is 18.4 Å². The van der Waals surface area contributed by atoms with Crippen molar-refractivity contribution in [2.45, 2.75) is 45.6 Å². The van der Waals surface area contributed by atoms with Crippen LogP contribution in [-0.2, 0) is 16.0 Å². The van der Waals surface area contributed by atoms with E-state index in [1.807, 2.05) is 30.3 Å². The molecule has 1 saturated carbocycles. The Bertz CT molecular complexity index is 501. The van der Waals surface area contributed by atoms with Gasteiger partial charge in [-0.1, -0.05) is 57.0 Å². The minimum atomic E-state index is -0.119. The molecule has 0 saturated heterocycles. The maximum Gasteiger partial charge on any atom is 0.239 e. The van der Waals surface area contributed by atoms with Gasteiger partial charge in [0.15, 0.2) is 0 Å². The van der Waals surface area contributed by atoms with Crippen molar-refractivity contribution in [2.24, 2.45) is 11.8 Å². The molecule has 0 heterocycles. The van der Waals surface area contributed by atoms with Gasteiger partial charge in [0.25, 0.3) is 0 Å². The Labute approximate surface area is 132 Å². The monoisotopic (exact) mass is 302 g/mol. The molecule has 120 valence electrons. The van der Waals surface area contributed by atoms with Gasteiger partial charge in [0.2, 0.25) is 11.8 Å². The molecule has 2 amide bonds. The number of hydrogen-bond donors (Lipinski definition) is 2. The first-order valence-corrected chi connectivity index (χ1v) is 8.16.